The van der Waals surface area contributed by atoms with Crippen LogP contribution in [0.2, 0.25) is 0 Å². The van der Waals surface area contributed by atoms with Crippen LogP contribution < -0.4 is 4.90 Å². The van der Waals surface area contributed by atoms with Gasteiger partial charge in [0.2, 0.25) is 17.7 Å². The summed E-state index contributed by atoms with van der Waals surface area (Å²) in [7, 11) is 0. The van der Waals surface area contributed by atoms with Crippen LogP contribution in [0.3, 0.4) is 0 Å². The SMILES string of the molecule is O=C1C[C@@H](Sc2nnc(-c3ccccc3)o2)C(=O)N1c1ccccc1F. The van der Waals surface area contributed by atoms with E-state index in [9.17, 15) is 14.0 Å². The van der Waals surface area contributed by atoms with Gasteiger partial charge in [-0.15, -0.1) is 10.2 Å². The Kier molecular flexibility index (Phi) is 4.26. The Bertz CT molecular complexity index is 977. The van der Waals surface area contributed by atoms with E-state index in [1.807, 2.05) is 30.3 Å². The first-order valence-electron chi connectivity index (χ1n) is 7.80. The molecular formula is C18H12FN3O3S. The van der Waals surface area contributed by atoms with Gasteiger partial charge in [-0.25, -0.2) is 9.29 Å². The van der Waals surface area contributed by atoms with Crippen LogP contribution in [0.4, 0.5) is 10.1 Å². The normalized spacial score (nSPS) is 17.1. The number of anilines is 1. The molecule has 6 nitrogen and oxygen atoms in total. The van der Waals surface area contributed by atoms with Gasteiger partial charge in [0.15, 0.2) is 0 Å². The molecule has 130 valence electrons. The molecule has 2 amide bonds. The lowest BCUT2D eigenvalue weighted by Crippen LogP contribution is -2.31. The summed E-state index contributed by atoms with van der Waals surface area (Å²) in [5.41, 5.74) is 0.717. The van der Waals surface area contributed by atoms with E-state index in [0.29, 0.717) is 5.89 Å². The molecule has 0 saturated carbocycles. The number of halogens is 1. The van der Waals surface area contributed by atoms with Crippen LogP contribution in [0.15, 0.2) is 64.2 Å². The molecule has 1 aromatic heterocycles. The van der Waals surface area contributed by atoms with Crippen molar-refractivity contribution in [3.05, 3.63) is 60.4 Å². The van der Waals surface area contributed by atoms with Gasteiger partial charge < -0.3 is 4.42 Å². The topological polar surface area (TPSA) is 76.3 Å². The maximum Gasteiger partial charge on any atom is 0.277 e. The highest BCUT2D eigenvalue weighted by molar-refractivity contribution is 8.00. The first-order valence-corrected chi connectivity index (χ1v) is 8.68. The molecule has 3 aromatic rings. The van der Waals surface area contributed by atoms with Crippen LogP contribution in [0.5, 0.6) is 0 Å². The maximum atomic E-state index is 13.9. The number of imide groups is 1. The van der Waals surface area contributed by atoms with E-state index in [-0.39, 0.29) is 17.3 Å². The number of hydrogen-bond acceptors (Lipinski definition) is 6. The van der Waals surface area contributed by atoms with Crippen molar-refractivity contribution in [1.29, 1.82) is 0 Å². The van der Waals surface area contributed by atoms with Crippen LogP contribution in [0.25, 0.3) is 11.5 Å². The number of rotatable bonds is 4. The van der Waals surface area contributed by atoms with Crippen molar-refractivity contribution in [3.8, 4) is 11.5 Å². The van der Waals surface area contributed by atoms with Gasteiger partial charge in [-0.1, -0.05) is 42.1 Å². The number of carbonyl (C=O) groups is 2. The molecule has 0 bridgehead atoms. The number of aromatic nitrogens is 2. The summed E-state index contributed by atoms with van der Waals surface area (Å²) in [5, 5.41) is 7.33. The summed E-state index contributed by atoms with van der Waals surface area (Å²) in [4.78, 5) is 25.7. The second-order valence-corrected chi connectivity index (χ2v) is 6.72. The highest BCUT2D eigenvalue weighted by atomic mass is 32.2. The summed E-state index contributed by atoms with van der Waals surface area (Å²) in [5.74, 6) is -1.25. The van der Waals surface area contributed by atoms with Gasteiger partial charge in [0.1, 0.15) is 11.1 Å². The highest BCUT2D eigenvalue weighted by Gasteiger charge is 2.42. The number of carbonyl (C=O) groups excluding carboxylic acids is 2. The van der Waals surface area contributed by atoms with E-state index in [4.69, 9.17) is 4.42 Å². The van der Waals surface area contributed by atoms with E-state index in [1.165, 1.54) is 18.2 Å². The molecule has 1 aliphatic heterocycles. The Morgan fingerprint density at radius 3 is 2.54 bits per heavy atom. The van der Waals surface area contributed by atoms with Crippen LogP contribution in [0, 0.1) is 5.82 Å². The Labute approximate surface area is 152 Å². The molecule has 1 aliphatic rings. The first kappa shape index (κ1) is 16.5. The van der Waals surface area contributed by atoms with Gasteiger partial charge in [0.25, 0.3) is 5.22 Å². The lowest BCUT2D eigenvalue weighted by Gasteiger charge is -2.14. The summed E-state index contributed by atoms with van der Waals surface area (Å²) < 4.78 is 19.5. The van der Waals surface area contributed by atoms with Crippen molar-refractivity contribution in [2.75, 3.05) is 4.90 Å². The zero-order chi connectivity index (χ0) is 18.1. The predicted molar refractivity (Wildman–Crippen MR) is 92.9 cm³/mol. The van der Waals surface area contributed by atoms with Gasteiger partial charge >= 0.3 is 0 Å². The molecule has 0 N–H and O–H groups in total. The number of benzene rings is 2. The molecule has 0 unspecified atom stereocenters. The van der Waals surface area contributed by atoms with Gasteiger partial charge in [-0.05, 0) is 24.3 Å². The Morgan fingerprint density at radius 2 is 1.77 bits per heavy atom. The first-order chi connectivity index (χ1) is 12.6. The predicted octanol–water partition coefficient (Wildman–Crippen LogP) is 3.30. The van der Waals surface area contributed by atoms with Gasteiger partial charge in [0.05, 0.1) is 5.69 Å². The standard InChI is InChI=1S/C18H12FN3O3S/c19-12-8-4-5-9-13(12)22-15(23)10-14(17(22)24)26-18-21-20-16(25-18)11-6-2-1-3-7-11/h1-9,14H,10H2/t14-/m1/s1. The zero-order valence-electron chi connectivity index (χ0n) is 13.3. The van der Waals surface area contributed by atoms with Crippen LogP contribution in [0.1, 0.15) is 6.42 Å². The van der Waals surface area contributed by atoms with Gasteiger partial charge in [-0.3, -0.25) is 9.59 Å². The second-order valence-electron chi connectivity index (χ2n) is 5.57. The highest BCUT2D eigenvalue weighted by Crippen LogP contribution is 2.35. The minimum absolute atomic E-state index is 0.0406. The van der Waals surface area contributed by atoms with Gasteiger partial charge in [-0.2, -0.15) is 0 Å². The van der Waals surface area contributed by atoms with Crippen LogP contribution in [-0.2, 0) is 9.59 Å². The number of hydrogen-bond donors (Lipinski definition) is 0. The van der Waals surface area contributed by atoms with E-state index < -0.39 is 22.9 Å². The molecule has 0 aliphatic carbocycles. The van der Waals surface area contributed by atoms with E-state index in [1.54, 1.807) is 6.07 Å². The third-order valence-corrected chi connectivity index (χ3v) is 4.89. The molecule has 1 saturated heterocycles. The minimum Gasteiger partial charge on any atom is -0.411 e. The lowest BCUT2D eigenvalue weighted by atomic mass is 10.2. The molecule has 0 spiro atoms. The molecule has 1 atom stereocenters. The van der Waals surface area contributed by atoms with Gasteiger partial charge in [0, 0.05) is 12.0 Å². The molecule has 4 rings (SSSR count). The Morgan fingerprint density at radius 1 is 1.04 bits per heavy atom. The molecule has 2 heterocycles. The van der Waals surface area contributed by atoms with Crippen LogP contribution in [-0.4, -0.2) is 27.3 Å². The van der Waals surface area contributed by atoms with E-state index >= 15 is 0 Å². The fourth-order valence-electron chi connectivity index (χ4n) is 2.66. The van der Waals surface area contributed by atoms with E-state index in [0.717, 1.165) is 22.2 Å². The molecule has 0 radical (unpaired) electrons. The Hall–Kier alpha value is -3.00. The summed E-state index contributed by atoms with van der Waals surface area (Å²) >= 11 is 1.01. The molecule has 26 heavy (non-hydrogen) atoms. The summed E-state index contributed by atoms with van der Waals surface area (Å²) in [6.45, 7) is 0. The number of para-hydroxylation sites is 1. The third kappa shape index (κ3) is 2.99. The fourth-order valence-corrected chi connectivity index (χ4v) is 3.55. The molecular weight excluding hydrogens is 357 g/mol. The van der Waals surface area contributed by atoms with Crippen molar-refractivity contribution in [1.82, 2.24) is 10.2 Å². The third-order valence-electron chi connectivity index (χ3n) is 3.87. The average Bonchev–Trinajstić information content (AvgIpc) is 3.22. The second kappa shape index (κ2) is 6.72. The number of thioether (sulfide) groups is 1. The van der Waals surface area contributed by atoms with Crippen LogP contribution >= 0.6 is 11.8 Å². The minimum atomic E-state index is -0.730. The summed E-state index contributed by atoms with van der Waals surface area (Å²) in [6, 6.07) is 14.9. The van der Waals surface area contributed by atoms with E-state index in [2.05, 4.69) is 10.2 Å². The van der Waals surface area contributed by atoms with Crippen molar-refractivity contribution >= 4 is 29.3 Å². The molecule has 2 aromatic carbocycles. The zero-order valence-corrected chi connectivity index (χ0v) is 14.1. The fraction of sp³-hybridized carbons (Fsp3) is 0.111. The maximum absolute atomic E-state index is 13.9. The monoisotopic (exact) mass is 369 g/mol. The smallest absolute Gasteiger partial charge is 0.277 e. The van der Waals surface area contributed by atoms with Crippen molar-refractivity contribution in [2.24, 2.45) is 0 Å². The quantitative estimate of drug-likeness (QED) is 0.657. The lowest BCUT2D eigenvalue weighted by molar-refractivity contribution is -0.121. The largest absolute Gasteiger partial charge is 0.411 e. The Balaban J connectivity index is 1.53. The number of amides is 2. The van der Waals surface area contributed by atoms with Crippen molar-refractivity contribution < 1.29 is 18.4 Å². The average molecular weight is 369 g/mol. The van der Waals surface area contributed by atoms with Crippen molar-refractivity contribution in [2.45, 2.75) is 16.9 Å². The van der Waals surface area contributed by atoms with Crippen molar-refractivity contribution in [3.63, 3.8) is 0 Å². The molecule has 8 heteroatoms. The summed E-state index contributed by atoms with van der Waals surface area (Å²) in [6.07, 6.45) is -0.0547. The number of nitrogens with zero attached hydrogens (tertiary/aromatic N) is 3. The molecule has 1 fully saturated rings.